The molecule has 28 heavy (non-hydrogen) atoms. The number of piperidine rings is 1. The van der Waals surface area contributed by atoms with Crippen molar-refractivity contribution in [2.24, 2.45) is 23.7 Å². The van der Waals surface area contributed by atoms with Crippen molar-refractivity contribution >= 4 is 23.0 Å². The van der Waals surface area contributed by atoms with Gasteiger partial charge in [-0.15, -0.1) is 17.0 Å². The van der Waals surface area contributed by atoms with Gasteiger partial charge in [-0.1, -0.05) is 39.3 Å². The van der Waals surface area contributed by atoms with Crippen LogP contribution >= 0.6 is 17.0 Å². The Balaban J connectivity index is 0.00000280. The molecule has 1 aromatic rings. The molecule has 1 saturated carbocycles. The Labute approximate surface area is 179 Å². The third-order valence-corrected chi connectivity index (χ3v) is 6.65. The van der Waals surface area contributed by atoms with Crippen LogP contribution in [0.1, 0.15) is 57.9 Å². The molecule has 0 amide bonds. The summed E-state index contributed by atoms with van der Waals surface area (Å²) in [7, 11) is 2.06. The minimum absolute atomic E-state index is 0. The summed E-state index contributed by atoms with van der Waals surface area (Å²) in [5.41, 5.74) is 1.05. The molecule has 1 heterocycles. The molecule has 1 aromatic carbocycles. The summed E-state index contributed by atoms with van der Waals surface area (Å²) in [5, 5.41) is 0. The van der Waals surface area contributed by atoms with E-state index < -0.39 is 0 Å². The zero-order valence-electron chi connectivity index (χ0n) is 17.6. The van der Waals surface area contributed by atoms with Crippen molar-refractivity contribution in [1.82, 2.24) is 4.90 Å². The fraction of sp³-hybridized carbons (Fsp3) is 0.696. The highest BCUT2D eigenvalue weighted by Gasteiger charge is 2.39. The topological polar surface area (TPSA) is 29.5 Å². The molecule has 1 aliphatic carbocycles. The van der Waals surface area contributed by atoms with E-state index in [0.717, 1.165) is 31.4 Å². The van der Waals surface area contributed by atoms with E-state index in [1.165, 1.54) is 18.6 Å². The van der Waals surface area contributed by atoms with E-state index in [0.29, 0.717) is 24.3 Å². The lowest BCUT2D eigenvalue weighted by atomic mass is 9.75. The molecule has 0 radical (unpaired) electrons. The molecule has 3 nitrogen and oxygen atoms in total. The second-order valence-electron chi connectivity index (χ2n) is 9.12. The lowest BCUT2D eigenvalue weighted by Gasteiger charge is -2.40. The first-order chi connectivity index (χ1) is 12.8. The van der Waals surface area contributed by atoms with Gasteiger partial charge < -0.3 is 9.64 Å². The van der Waals surface area contributed by atoms with Crippen LogP contribution in [0.5, 0.6) is 0 Å². The maximum atomic E-state index is 13.3. The molecule has 0 aromatic heterocycles. The summed E-state index contributed by atoms with van der Waals surface area (Å²) >= 11 is 0. The highest BCUT2D eigenvalue weighted by Crippen LogP contribution is 2.38. The van der Waals surface area contributed by atoms with Gasteiger partial charge in [0.15, 0.2) is 0 Å². The maximum absolute atomic E-state index is 13.3. The van der Waals surface area contributed by atoms with Gasteiger partial charge in [0.1, 0.15) is 11.9 Å². The number of hydrogen-bond donors (Lipinski definition) is 0. The first-order valence-electron chi connectivity index (χ1n) is 10.5. The largest absolute Gasteiger partial charge is 0.462 e. The van der Waals surface area contributed by atoms with Crippen molar-refractivity contribution in [1.29, 1.82) is 0 Å². The van der Waals surface area contributed by atoms with Gasteiger partial charge in [-0.3, -0.25) is 4.79 Å². The standard InChI is InChI=1S/C23H34FNO2.BrH/c1-15(2)19-10-5-16(3)13-22(19)27-23(26)21-14-25(4)12-11-20(21)17-6-8-18(24)9-7-17;/h6-9,15-16,19-22H,5,10-14H2,1-4H3;1H/t16-,19+,20-,21+,22?;/m1./s1. The Morgan fingerprint density at radius 2 is 1.86 bits per heavy atom. The number of nitrogens with zero attached hydrogens (tertiary/aromatic N) is 1. The van der Waals surface area contributed by atoms with Crippen molar-refractivity contribution in [3.63, 3.8) is 0 Å². The highest BCUT2D eigenvalue weighted by molar-refractivity contribution is 8.93. The summed E-state index contributed by atoms with van der Waals surface area (Å²) < 4.78 is 19.5. The molecular formula is C23H35BrFNO2. The molecule has 0 spiro atoms. The van der Waals surface area contributed by atoms with E-state index in [9.17, 15) is 9.18 Å². The van der Waals surface area contributed by atoms with Crippen LogP contribution in [-0.2, 0) is 9.53 Å². The monoisotopic (exact) mass is 455 g/mol. The van der Waals surface area contributed by atoms with Crippen molar-refractivity contribution in [2.45, 2.75) is 58.5 Å². The molecule has 1 saturated heterocycles. The molecule has 3 rings (SSSR count). The van der Waals surface area contributed by atoms with Crippen LogP contribution in [0.3, 0.4) is 0 Å². The van der Waals surface area contributed by atoms with Gasteiger partial charge in [-0.05, 0) is 74.2 Å². The lowest BCUT2D eigenvalue weighted by Crippen LogP contribution is -2.44. The van der Waals surface area contributed by atoms with Gasteiger partial charge in [0.05, 0.1) is 5.92 Å². The number of halogens is 2. The number of likely N-dealkylation sites (tertiary alicyclic amines) is 1. The SMILES string of the molecule is Br.CC(C)[C@@H]1CC[C@@H](C)CC1OC(=O)[C@H]1CN(C)CC[C@@H]1c1ccc(F)cc1. The van der Waals surface area contributed by atoms with Crippen LogP contribution in [0.25, 0.3) is 0 Å². The summed E-state index contributed by atoms with van der Waals surface area (Å²) in [6.45, 7) is 8.37. The second-order valence-corrected chi connectivity index (χ2v) is 9.12. The first kappa shape index (κ1) is 23.3. The number of rotatable bonds is 4. The number of esters is 1. The van der Waals surface area contributed by atoms with Crippen LogP contribution in [0.2, 0.25) is 0 Å². The second kappa shape index (κ2) is 10.2. The quantitative estimate of drug-likeness (QED) is 0.565. The van der Waals surface area contributed by atoms with Gasteiger partial charge in [-0.2, -0.15) is 0 Å². The first-order valence-corrected chi connectivity index (χ1v) is 10.5. The molecule has 1 aliphatic heterocycles. The van der Waals surface area contributed by atoms with Gasteiger partial charge in [0.2, 0.25) is 0 Å². The Morgan fingerprint density at radius 3 is 2.50 bits per heavy atom. The number of hydrogen-bond acceptors (Lipinski definition) is 3. The van der Waals surface area contributed by atoms with Crippen molar-refractivity contribution in [3.05, 3.63) is 35.6 Å². The average molecular weight is 456 g/mol. The predicted octanol–water partition coefficient (Wildman–Crippen LogP) is 5.44. The summed E-state index contributed by atoms with van der Waals surface area (Å²) in [6, 6.07) is 6.64. The molecule has 0 N–H and O–H groups in total. The van der Waals surface area contributed by atoms with Gasteiger partial charge in [0.25, 0.3) is 0 Å². The molecule has 1 unspecified atom stereocenters. The molecule has 2 fully saturated rings. The molecule has 2 aliphatic rings. The van der Waals surface area contributed by atoms with Gasteiger partial charge >= 0.3 is 5.97 Å². The minimum atomic E-state index is -0.234. The van der Waals surface area contributed by atoms with Gasteiger partial charge in [-0.25, -0.2) is 4.39 Å². The van der Waals surface area contributed by atoms with E-state index in [4.69, 9.17) is 4.74 Å². The van der Waals surface area contributed by atoms with Crippen LogP contribution in [0, 0.1) is 29.5 Å². The number of carbonyl (C=O) groups is 1. The predicted molar refractivity (Wildman–Crippen MR) is 116 cm³/mol. The number of benzene rings is 1. The third kappa shape index (κ3) is 5.56. The Morgan fingerprint density at radius 1 is 1.18 bits per heavy atom. The molecule has 5 heteroatoms. The van der Waals surface area contributed by atoms with Crippen LogP contribution < -0.4 is 0 Å². The Kier molecular flexibility index (Phi) is 8.50. The third-order valence-electron chi connectivity index (χ3n) is 6.65. The Bertz CT molecular complexity index is 636. The normalized spacial score (nSPS) is 31.3. The fourth-order valence-electron chi connectivity index (χ4n) is 4.95. The maximum Gasteiger partial charge on any atom is 0.311 e. The smallest absolute Gasteiger partial charge is 0.311 e. The van der Waals surface area contributed by atoms with Gasteiger partial charge in [0, 0.05) is 6.54 Å². The highest BCUT2D eigenvalue weighted by atomic mass is 79.9. The zero-order chi connectivity index (χ0) is 19.6. The minimum Gasteiger partial charge on any atom is -0.462 e. The number of carbonyl (C=O) groups excluding carboxylic acids is 1. The van der Waals surface area contributed by atoms with E-state index in [2.05, 4.69) is 32.7 Å². The van der Waals surface area contributed by atoms with E-state index >= 15 is 0 Å². The van der Waals surface area contributed by atoms with Crippen molar-refractivity contribution in [2.75, 3.05) is 20.1 Å². The lowest BCUT2D eigenvalue weighted by molar-refractivity contribution is -0.163. The van der Waals surface area contributed by atoms with Crippen LogP contribution in [0.15, 0.2) is 24.3 Å². The summed E-state index contributed by atoms with van der Waals surface area (Å²) in [5.74, 6) is 1.21. The van der Waals surface area contributed by atoms with Crippen molar-refractivity contribution < 1.29 is 13.9 Å². The zero-order valence-corrected chi connectivity index (χ0v) is 19.3. The number of ether oxygens (including phenoxy) is 1. The molecule has 0 bridgehead atoms. The Hall–Kier alpha value is -0.940. The molecule has 158 valence electrons. The summed E-state index contributed by atoms with van der Waals surface area (Å²) in [4.78, 5) is 15.4. The average Bonchev–Trinajstić information content (AvgIpc) is 2.62. The van der Waals surface area contributed by atoms with E-state index in [1.54, 1.807) is 0 Å². The van der Waals surface area contributed by atoms with E-state index in [-0.39, 0.29) is 46.7 Å². The van der Waals surface area contributed by atoms with Crippen LogP contribution in [-0.4, -0.2) is 37.1 Å². The molecular weight excluding hydrogens is 421 g/mol. The fourth-order valence-corrected chi connectivity index (χ4v) is 4.95. The van der Waals surface area contributed by atoms with Crippen molar-refractivity contribution in [3.8, 4) is 0 Å². The van der Waals surface area contributed by atoms with Crippen LogP contribution in [0.4, 0.5) is 4.39 Å². The summed E-state index contributed by atoms with van der Waals surface area (Å²) in [6.07, 6.45) is 4.27. The van der Waals surface area contributed by atoms with E-state index in [1.807, 2.05) is 12.1 Å². The molecule has 5 atom stereocenters.